The number of aromatic hydroxyl groups is 1. The first-order valence-electron chi connectivity index (χ1n) is 13.1. The SMILES string of the molecule is C[N+](CC(=O)O)(C1CC1)S(=O)(=O)c1ccc(N2CCC(NC[C@H](O)c3ccc(O)c(NS(C)(=O)=O)c3)CC2)cc1. The summed E-state index contributed by atoms with van der Waals surface area (Å²) in [5.41, 5.74) is 1.35. The zero-order valence-electron chi connectivity index (χ0n) is 22.5. The van der Waals surface area contributed by atoms with E-state index in [0.717, 1.165) is 37.9 Å². The first kappa shape index (κ1) is 30.1. The number of aliphatic hydroxyl groups excluding tert-OH is 1. The van der Waals surface area contributed by atoms with E-state index in [1.807, 2.05) is 0 Å². The Morgan fingerprint density at radius 1 is 1.05 bits per heavy atom. The molecule has 0 amide bonds. The largest absolute Gasteiger partial charge is 0.506 e. The van der Waals surface area contributed by atoms with Crippen LogP contribution in [0, 0.1) is 0 Å². The molecule has 1 heterocycles. The Balaban J connectivity index is 1.32. The number of quaternary nitrogens is 1. The van der Waals surface area contributed by atoms with E-state index >= 15 is 0 Å². The lowest BCUT2D eigenvalue weighted by molar-refractivity contribution is -0.789. The molecule has 1 saturated heterocycles. The van der Waals surface area contributed by atoms with Crippen LogP contribution in [-0.2, 0) is 24.8 Å². The summed E-state index contributed by atoms with van der Waals surface area (Å²) >= 11 is 0. The van der Waals surface area contributed by atoms with E-state index in [-0.39, 0.29) is 35.0 Å². The number of phenolic OH excluding ortho intramolecular Hbond substituents is 1. The molecule has 1 unspecified atom stereocenters. The first-order chi connectivity index (χ1) is 18.7. The molecule has 1 saturated carbocycles. The van der Waals surface area contributed by atoms with Crippen molar-refractivity contribution < 1.29 is 40.8 Å². The second-order valence-corrected chi connectivity index (χ2v) is 14.8. The number of phenols is 1. The van der Waals surface area contributed by atoms with Gasteiger partial charge in [0.2, 0.25) is 10.0 Å². The third-order valence-electron chi connectivity index (χ3n) is 7.61. The number of nitrogens with zero attached hydrogens (tertiary/aromatic N) is 2. The lowest BCUT2D eigenvalue weighted by Crippen LogP contribution is -2.53. The topological polar surface area (TPSA) is 173 Å². The van der Waals surface area contributed by atoms with Crippen LogP contribution in [0.5, 0.6) is 5.75 Å². The molecule has 0 aromatic heterocycles. The van der Waals surface area contributed by atoms with Gasteiger partial charge in [0.25, 0.3) is 0 Å². The molecule has 0 radical (unpaired) electrons. The highest BCUT2D eigenvalue weighted by molar-refractivity contribution is 7.92. The normalized spacial score (nSPS) is 19.1. The average molecular weight is 598 g/mol. The van der Waals surface area contributed by atoms with Crippen molar-refractivity contribution >= 4 is 37.4 Å². The summed E-state index contributed by atoms with van der Waals surface area (Å²) in [5.74, 6) is -1.38. The number of carbonyl (C=O) groups is 1. The van der Waals surface area contributed by atoms with Crippen molar-refractivity contribution in [3.63, 3.8) is 0 Å². The molecule has 2 aliphatic rings. The minimum atomic E-state index is -3.88. The van der Waals surface area contributed by atoms with Gasteiger partial charge in [0, 0.05) is 44.2 Å². The maximum Gasteiger partial charge on any atom is 0.360 e. The molecule has 0 bridgehead atoms. The minimum absolute atomic E-state index is 0.00386. The van der Waals surface area contributed by atoms with Crippen molar-refractivity contribution in [1.82, 2.24) is 5.32 Å². The Bertz CT molecular complexity index is 1440. The summed E-state index contributed by atoms with van der Waals surface area (Å²) in [4.78, 5) is 13.7. The average Bonchev–Trinajstić information content (AvgIpc) is 3.74. The third kappa shape index (κ3) is 6.86. The highest BCUT2D eigenvalue weighted by Gasteiger charge is 2.52. The molecule has 4 rings (SSSR count). The number of rotatable bonds is 12. The molecule has 0 spiro atoms. The van der Waals surface area contributed by atoms with Gasteiger partial charge in [-0.3, -0.25) is 4.72 Å². The van der Waals surface area contributed by atoms with Crippen LogP contribution in [0.25, 0.3) is 0 Å². The zero-order valence-corrected chi connectivity index (χ0v) is 24.2. The highest BCUT2D eigenvalue weighted by Crippen LogP contribution is 2.38. The van der Waals surface area contributed by atoms with Crippen LogP contribution in [-0.4, -0.2) is 93.6 Å². The number of aliphatic carboxylic acids is 1. The van der Waals surface area contributed by atoms with Gasteiger partial charge >= 0.3 is 16.0 Å². The van der Waals surface area contributed by atoms with Gasteiger partial charge in [0.05, 0.1) is 25.1 Å². The lowest BCUT2D eigenvalue weighted by Gasteiger charge is -2.35. The summed E-state index contributed by atoms with van der Waals surface area (Å²) < 4.78 is 51.4. The van der Waals surface area contributed by atoms with Crippen LogP contribution in [0.3, 0.4) is 0 Å². The monoisotopic (exact) mass is 597 g/mol. The Morgan fingerprint density at radius 3 is 2.23 bits per heavy atom. The van der Waals surface area contributed by atoms with Crippen molar-refractivity contribution in [2.24, 2.45) is 0 Å². The van der Waals surface area contributed by atoms with Crippen LogP contribution in [0.15, 0.2) is 47.4 Å². The van der Waals surface area contributed by atoms with Crippen molar-refractivity contribution in [2.45, 2.75) is 48.8 Å². The Morgan fingerprint density at radius 2 is 1.68 bits per heavy atom. The second-order valence-electron chi connectivity index (χ2n) is 10.8. The number of aliphatic hydroxyl groups is 1. The fourth-order valence-electron chi connectivity index (χ4n) is 5.15. The van der Waals surface area contributed by atoms with E-state index in [1.54, 1.807) is 24.3 Å². The highest BCUT2D eigenvalue weighted by atomic mass is 32.2. The van der Waals surface area contributed by atoms with E-state index in [2.05, 4.69) is 14.9 Å². The lowest BCUT2D eigenvalue weighted by atomic mass is 10.0. The molecule has 14 heteroatoms. The maximum absolute atomic E-state index is 13.4. The van der Waals surface area contributed by atoms with Crippen LogP contribution >= 0.6 is 0 Å². The molecule has 220 valence electrons. The molecule has 2 aromatic rings. The van der Waals surface area contributed by atoms with Crippen LogP contribution < -0.4 is 14.9 Å². The van der Waals surface area contributed by atoms with Gasteiger partial charge in [-0.25, -0.2) is 17.1 Å². The van der Waals surface area contributed by atoms with E-state index < -0.39 is 42.6 Å². The second kappa shape index (κ2) is 11.5. The van der Waals surface area contributed by atoms with Crippen molar-refractivity contribution in [3.8, 4) is 5.75 Å². The van der Waals surface area contributed by atoms with E-state index in [4.69, 9.17) is 0 Å². The summed E-state index contributed by atoms with van der Waals surface area (Å²) in [6.07, 6.45) is 3.03. The van der Waals surface area contributed by atoms with Crippen molar-refractivity contribution in [3.05, 3.63) is 48.0 Å². The predicted octanol–water partition coefficient (Wildman–Crippen LogP) is 1.44. The number of piperidine rings is 1. The van der Waals surface area contributed by atoms with Gasteiger partial charge in [-0.2, -0.15) is 8.42 Å². The van der Waals surface area contributed by atoms with Crippen LogP contribution in [0.1, 0.15) is 37.4 Å². The van der Waals surface area contributed by atoms with Gasteiger partial charge < -0.3 is 25.5 Å². The number of hydrogen-bond acceptors (Lipinski definition) is 9. The first-order valence-corrected chi connectivity index (χ1v) is 16.4. The van der Waals surface area contributed by atoms with Gasteiger partial charge in [-0.05, 0) is 54.8 Å². The molecular weight excluding hydrogens is 560 g/mol. The fourth-order valence-corrected chi connectivity index (χ4v) is 7.56. The molecule has 12 nitrogen and oxygen atoms in total. The minimum Gasteiger partial charge on any atom is -0.506 e. The van der Waals surface area contributed by atoms with Gasteiger partial charge in [0.15, 0.2) is 6.54 Å². The number of benzene rings is 2. The number of carboxylic acids is 1. The number of nitrogens with one attached hydrogen (secondary N) is 2. The molecular formula is C26H37N4O8S2+. The number of hydrogen-bond donors (Lipinski definition) is 5. The van der Waals surface area contributed by atoms with E-state index in [0.29, 0.717) is 18.4 Å². The molecule has 2 aromatic carbocycles. The molecule has 5 N–H and O–H groups in total. The zero-order chi connectivity index (χ0) is 29.3. The number of anilines is 2. The Kier molecular flexibility index (Phi) is 8.66. The standard InChI is InChI=1S/C26H36N4O8S2/c1-30(17-26(33)34,21-6-7-21)40(37,38)22-8-4-20(5-9-22)29-13-11-19(12-14-29)27-16-25(32)18-3-10-24(31)23(15-18)28-39(2,35)36/h3-5,8-10,15,19,21,25,27-28,32H,6-7,11-14,16-17H2,1-2H3,(H-,31,33,34)/p+1/t25-,30?/m0/s1. The van der Waals surface area contributed by atoms with Crippen molar-refractivity contribution in [1.29, 1.82) is 0 Å². The van der Waals surface area contributed by atoms with Gasteiger partial charge in [-0.1, -0.05) is 6.07 Å². The summed E-state index contributed by atoms with van der Waals surface area (Å²) in [6.45, 7) is 1.21. The van der Waals surface area contributed by atoms with Crippen LogP contribution in [0.2, 0.25) is 0 Å². The van der Waals surface area contributed by atoms with Crippen LogP contribution in [0.4, 0.5) is 11.4 Å². The predicted molar refractivity (Wildman–Crippen MR) is 150 cm³/mol. The summed E-state index contributed by atoms with van der Waals surface area (Å²) in [5, 5.41) is 33.2. The molecule has 40 heavy (non-hydrogen) atoms. The summed E-state index contributed by atoms with van der Waals surface area (Å²) in [6, 6.07) is 10.8. The number of sulfonamides is 2. The molecule has 1 aliphatic carbocycles. The Hall–Kier alpha value is -2.91. The van der Waals surface area contributed by atoms with Gasteiger partial charge in [-0.15, -0.1) is 0 Å². The third-order valence-corrected chi connectivity index (χ3v) is 10.6. The van der Waals surface area contributed by atoms with Gasteiger partial charge in [0.1, 0.15) is 16.7 Å². The quantitative estimate of drug-likeness (QED) is 0.178. The number of likely N-dealkylation sites (N-methyl/N-ethyl adjacent to an activating group) is 1. The van der Waals surface area contributed by atoms with E-state index in [9.17, 15) is 36.9 Å². The fraction of sp³-hybridized carbons (Fsp3) is 0.500. The number of carboxylic acid groups (broad SMARTS) is 1. The smallest absolute Gasteiger partial charge is 0.360 e. The van der Waals surface area contributed by atoms with Crippen molar-refractivity contribution in [2.75, 3.05) is 49.1 Å². The molecule has 1 aliphatic heterocycles. The van der Waals surface area contributed by atoms with E-state index in [1.165, 1.54) is 25.2 Å². The Labute approximate surface area is 234 Å². The molecule has 2 atom stereocenters. The molecule has 2 fully saturated rings. The maximum atomic E-state index is 13.4. The summed E-state index contributed by atoms with van der Waals surface area (Å²) in [7, 11) is -5.99.